The number of halogens is 3. The first kappa shape index (κ1) is 20.7. The van der Waals surface area contributed by atoms with Gasteiger partial charge in [0, 0.05) is 24.8 Å². The average Bonchev–Trinajstić information content (AvgIpc) is 2.89. The molecule has 1 aliphatic rings. The lowest BCUT2D eigenvalue weighted by Crippen LogP contribution is -2.69. The molecule has 1 aliphatic heterocycles. The number of aromatic nitrogens is 3. The van der Waals surface area contributed by atoms with Gasteiger partial charge in [0.05, 0.1) is 11.2 Å². The van der Waals surface area contributed by atoms with E-state index in [0.29, 0.717) is 11.8 Å². The summed E-state index contributed by atoms with van der Waals surface area (Å²) in [6, 6.07) is 1.85. The van der Waals surface area contributed by atoms with E-state index in [1.165, 1.54) is 11.5 Å². The quantitative estimate of drug-likeness (QED) is 0.717. The van der Waals surface area contributed by atoms with Gasteiger partial charge in [0.2, 0.25) is 16.0 Å². The van der Waals surface area contributed by atoms with Crippen molar-refractivity contribution in [3.63, 3.8) is 0 Å². The minimum absolute atomic E-state index is 0.195. The highest BCUT2D eigenvalue weighted by molar-refractivity contribution is 7.89. The minimum atomic E-state index is -4.79. The first-order chi connectivity index (χ1) is 12.8. The summed E-state index contributed by atoms with van der Waals surface area (Å²) in [7, 11) is -4.47. The van der Waals surface area contributed by atoms with Crippen molar-refractivity contribution in [2.24, 2.45) is 0 Å². The zero-order chi connectivity index (χ0) is 20.7. The Bertz CT molecular complexity index is 970. The van der Waals surface area contributed by atoms with Gasteiger partial charge in [0.1, 0.15) is 10.8 Å². The second-order valence-electron chi connectivity index (χ2n) is 7.05. The lowest BCUT2D eigenvalue weighted by Gasteiger charge is -2.49. The number of sulfonamides is 1. The molecule has 1 saturated heterocycles. The lowest BCUT2D eigenvalue weighted by molar-refractivity contribution is -0.106. The molecule has 8 nitrogen and oxygen atoms in total. The number of alkyl halides is 3. The smallest absolute Gasteiger partial charge is 0.352 e. The third-order valence-electron chi connectivity index (χ3n) is 3.94. The maximum Gasteiger partial charge on any atom is 0.404 e. The SMILES string of the molecule is Cc1cc(Nc2ncc(C)c(N3CC(C)(NS(=O)(=O)CC(F)(F)F)C3)n2)sn1. The number of nitrogens with zero attached hydrogens (tertiary/aromatic N) is 4. The van der Waals surface area contributed by atoms with Crippen LogP contribution < -0.4 is 14.9 Å². The standard InChI is InChI=1S/C15H19F3N6O2S2/c1-9-5-19-13(20-11-4-10(2)22-27-11)21-12(9)24-6-14(3,7-24)23-28(25,26)8-15(16,17)18/h4-5,23H,6-8H2,1-3H3,(H,19,20,21). The Balaban J connectivity index is 1.68. The van der Waals surface area contributed by atoms with E-state index >= 15 is 0 Å². The molecule has 0 aromatic carbocycles. The molecule has 2 aromatic rings. The predicted octanol–water partition coefficient (Wildman–Crippen LogP) is 2.35. The van der Waals surface area contributed by atoms with E-state index in [1.807, 2.05) is 13.0 Å². The summed E-state index contributed by atoms with van der Waals surface area (Å²) < 4.78 is 67.0. The van der Waals surface area contributed by atoms with Gasteiger partial charge in [0.15, 0.2) is 5.75 Å². The summed E-state index contributed by atoms with van der Waals surface area (Å²) in [4.78, 5) is 10.4. The van der Waals surface area contributed by atoms with Gasteiger partial charge in [-0.25, -0.2) is 18.1 Å². The van der Waals surface area contributed by atoms with Crippen molar-refractivity contribution in [2.45, 2.75) is 32.5 Å². The Morgan fingerprint density at radius 1 is 1.32 bits per heavy atom. The zero-order valence-corrected chi connectivity index (χ0v) is 17.0. The normalized spacial score (nSPS) is 16.7. The maximum atomic E-state index is 12.4. The molecule has 0 amide bonds. The first-order valence-corrected chi connectivity index (χ1v) is 10.6. The summed E-state index contributed by atoms with van der Waals surface area (Å²) in [5.41, 5.74) is 0.639. The van der Waals surface area contributed by atoms with Crippen molar-refractivity contribution in [2.75, 3.05) is 29.1 Å². The third-order valence-corrected chi connectivity index (χ3v) is 6.25. The molecule has 1 fully saturated rings. The molecule has 13 heteroatoms. The molecular formula is C15H19F3N6O2S2. The molecule has 0 unspecified atom stereocenters. The van der Waals surface area contributed by atoms with E-state index in [0.717, 1.165) is 16.3 Å². The van der Waals surface area contributed by atoms with Crippen molar-refractivity contribution in [1.82, 2.24) is 19.1 Å². The second kappa shape index (κ2) is 7.12. The van der Waals surface area contributed by atoms with Gasteiger partial charge in [-0.15, -0.1) is 0 Å². The number of hydrogen-bond donors (Lipinski definition) is 2. The van der Waals surface area contributed by atoms with Crippen LogP contribution in [0.4, 0.5) is 29.9 Å². The van der Waals surface area contributed by atoms with E-state index in [-0.39, 0.29) is 13.1 Å². The Labute approximate surface area is 164 Å². The van der Waals surface area contributed by atoms with E-state index in [9.17, 15) is 21.6 Å². The minimum Gasteiger partial charge on any atom is -0.352 e. The summed E-state index contributed by atoms with van der Waals surface area (Å²) in [6.07, 6.45) is -3.16. The second-order valence-corrected chi connectivity index (χ2v) is 9.58. The summed E-state index contributed by atoms with van der Waals surface area (Å²) in [5.74, 6) is -0.952. The Morgan fingerprint density at radius 3 is 2.57 bits per heavy atom. The molecule has 3 heterocycles. The Hall–Kier alpha value is -1.99. The van der Waals surface area contributed by atoms with Gasteiger partial charge in [-0.05, 0) is 38.4 Å². The molecule has 154 valence electrons. The molecule has 0 aliphatic carbocycles. The van der Waals surface area contributed by atoms with Crippen LogP contribution in [0.3, 0.4) is 0 Å². The monoisotopic (exact) mass is 436 g/mol. The largest absolute Gasteiger partial charge is 0.404 e. The van der Waals surface area contributed by atoms with Crippen LogP contribution in [-0.2, 0) is 10.0 Å². The van der Waals surface area contributed by atoms with Crippen LogP contribution in [-0.4, -0.2) is 53.3 Å². The van der Waals surface area contributed by atoms with Crippen LogP contribution in [0.15, 0.2) is 12.3 Å². The lowest BCUT2D eigenvalue weighted by atomic mass is 9.93. The van der Waals surface area contributed by atoms with Crippen LogP contribution in [0.5, 0.6) is 0 Å². The number of hydrogen-bond acceptors (Lipinski definition) is 8. The first-order valence-electron chi connectivity index (χ1n) is 8.22. The summed E-state index contributed by atoms with van der Waals surface area (Å²) in [5, 5.41) is 3.83. The zero-order valence-electron chi connectivity index (χ0n) is 15.3. The molecule has 0 spiro atoms. The molecule has 28 heavy (non-hydrogen) atoms. The molecule has 0 saturated carbocycles. The fourth-order valence-corrected chi connectivity index (χ4v) is 5.02. The van der Waals surface area contributed by atoms with Crippen LogP contribution >= 0.6 is 11.5 Å². The predicted molar refractivity (Wildman–Crippen MR) is 100 cm³/mol. The Morgan fingerprint density at radius 2 is 2.00 bits per heavy atom. The van der Waals surface area contributed by atoms with Gasteiger partial charge in [0.25, 0.3) is 0 Å². The van der Waals surface area contributed by atoms with Crippen LogP contribution in [0.1, 0.15) is 18.2 Å². The van der Waals surface area contributed by atoms with Crippen molar-refractivity contribution in [3.05, 3.63) is 23.5 Å². The van der Waals surface area contributed by atoms with E-state index in [1.54, 1.807) is 24.9 Å². The third kappa shape index (κ3) is 5.08. The summed E-state index contributed by atoms with van der Waals surface area (Å²) >= 11 is 1.27. The number of rotatable bonds is 6. The number of nitrogens with one attached hydrogen (secondary N) is 2. The van der Waals surface area contributed by atoms with Crippen molar-refractivity contribution >= 4 is 38.3 Å². The van der Waals surface area contributed by atoms with E-state index < -0.39 is 27.5 Å². The fourth-order valence-electron chi connectivity index (χ4n) is 2.98. The van der Waals surface area contributed by atoms with Crippen molar-refractivity contribution < 1.29 is 21.6 Å². The van der Waals surface area contributed by atoms with Crippen molar-refractivity contribution in [3.8, 4) is 0 Å². The highest BCUT2D eigenvalue weighted by Gasteiger charge is 2.45. The van der Waals surface area contributed by atoms with E-state index in [4.69, 9.17) is 0 Å². The molecule has 0 atom stereocenters. The highest BCUT2D eigenvalue weighted by atomic mass is 32.2. The topological polar surface area (TPSA) is 100 Å². The molecule has 0 bridgehead atoms. The van der Waals surface area contributed by atoms with Gasteiger partial charge < -0.3 is 10.2 Å². The van der Waals surface area contributed by atoms with Gasteiger partial charge in [-0.2, -0.15) is 22.5 Å². The number of aryl methyl sites for hydroxylation is 2. The highest BCUT2D eigenvalue weighted by Crippen LogP contribution is 2.31. The molecule has 2 aromatic heterocycles. The van der Waals surface area contributed by atoms with Crippen molar-refractivity contribution in [1.29, 1.82) is 0 Å². The van der Waals surface area contributed by atoms with Gasteiger partial charge in [-0.1, -0.05) is 0 Å². The van der Waals surface area contributed by atoms with Crippen LogP contribution in [0, 0.1) is 13.8 Å². The maximum absolute atomic E-state index is 12.4. The van der Waals surface area contributed by atoms with Gasteiger partial charge in [-0.3, -0.25) is 0 Å². The van der Waals surface area contributed by atoms with Crippen LogP contribution in [0.2, 0.25) is 0 Å². The van der Waals surface area contributed by atoms with Crippen LogP contribution in [0.25, 0.3) is 0 Å². The Kier molecular flexibility index (Phi) is 5.27. The van der Waals surface area contributed by atoms with Gasteiger partial charge >= 0.3 is 6.18 Å². The molecular weight excluding hydrogens is 417 g/mol. The summed E-state index contributed by atoms with van der Waals surface area (Å²) in [6.45, 7) is 5.62. The number of anilines is 3. The van der Waals surface area contributed by atoms with E-state index in [2.05, 4.69) is 24.4 Å². The average molecular weight is 436 g/mol. The fraction of sp³-hybridized carbons (Fsp3) is 0.533. The molecule has 2 N–H and O–H groups in total. The molecule has 0 radical (unpaired) electrons. The molecule has 3 rings (SSSR count).